The van der Waals surface area contributed by atoms with E-state index < -0.39 is 41.3 Å². The van der Waals surface area contributed by atoms with E-state index in [0.29, 0.717) is 6.07 Å². The summed E-state index contributed by atoms with van der Waals surface area (Å²) in [5, 5.41) is 10.1. The number of hydrogen-bond acceptors (Lipinski definition) is 2. The van der Waals surface area contributed by atoms with Crippen molar-refractivity contribution in [1.82, 2.24) is 0 Å². The van der Waals surface area contributed by atoms with Gasteiger partial charge in [0.05, 0.1) is 5.56 Å². The fraction of sp³-hybridized carbons (Fsp3) is 0.222. The smallest absolute Gasteiger partial charge is 0.419 e. The van der Waals surface area contributed by atoms with E-state index in [-0.39, 0.29) is 6.07 Å². The van der Waals surface area contributed by atoms with E-state index in [2.05, 4.69) is 0 Å². The number of carboxylic acid groups (broad SMARTS) is 1. The number of alkyl halides is 3. The van der Waals surface area contributed by atoms with Crippen LogP contribution in [0.15, 0.2) is 12.1 Å². The third kappa shape index (κ3) is 2.47. The molecular formula is C9H4F5O2-. The first-order valence-corrected chi connectivity index (χ1v) is 3.97. The monoisotopic (exact) mass is 239 g/mol. The standard InChI is InChI=1S/C9H5F5O2/c10-7-4(3-6(15)16)1-2-5(8(7)11)9(12,13)14/h1-2H,3H2,(H,15,16)/p-1. The summed E-state index contributed by atoms with van der Waals surface area (Å²) >= 11 is 0. The molecule has 0 bridgehead atoms. The van der Waals surface area contributed by atoms with Crippen molar-refractivity contribution in [3.8, 4) is 0 Å². The van der Waals surface area contributed by atoms with Crippen LogP contribution in [0.25, 0.3) is 0 Å². The van der Waals surface area contributed by atoms with E-state index in [0.717, 1.165) is 0 Å². The van der Waals surface area contributed by atoms with Gasteiger partial charge < -0.3 is 9.90 Å². The molecule has 1 rings (SSSR count). The largest absolute Gasteiger partial charge is 0.550 e. The number of hydrogen-bond donors (Lipinski definition) is 0. The van der Waals surface area contributed by atoms with Gasteiger partial charge in [-0.1, -0.05) is 6.07 Å². The highest BCUT2D eigenvalue weighted by Crippen LogP contribution is 2.33. The van der Waals surface area contributed by atoms with E-state index in [1.165, 1.54) is 0 Å². The summed E-state index contributed by atoms with van der Waals surface area (Å²) < 4.78 is 62.1. The summed E-state index contributed by atoms with van der Waals surface area (Å²) in [6.07, 6.45) is -6.01. The van der Waals surface area contributed by atoms with Gasteiger partial charge in [-0.3, -0.25) is 0 Å². The molecule has 7 heteroatoms. The second kappa shape index (κ2) is 4.07. The van der Waals surface area contributed by atoms with Crippen LogP contribution < -0.4 is 5.11 Å². The van der Waals surface area contributed by atoms with Crippen LogP contribution >= 0.6 is 0 Å². The molecule has 2 nitrogen and oxygen atoms in total. The second-order valence-electron chi connectivity index (χ2n) is 2.95. The first kappa shape index (κ1) is 12.4. The van der Waals surface area contributed by atoms with Gasteiger partial charge in [0, 0.05) is 12.4 Å². The van der Waals surface area contributed by atoms with Crippen LogP contribution in [0.4, 0.5) is 22.0 Å². The Morgan fingerprint density at radius 2 is 1.75 bits per heavy atom. The number of benzene rings is 1. The van der Waals surface area contributed by atoms with Crippen molar-refractivity contribution in [1.29, 1.82) is 0 Å². The molecule has 0 spiro atoms. The van der Waals surface area contributed by atoms with Crippen LogP contribution in [0.3, 0.4) is 0 Å². The first-order valence-electron chi connectivity index (χ1n) is 3.97. The molecule has 0 atom stereocenters. The molecule has 1 aromatic carbocycles. The Morgan fingerprint density at radius 1 is 1.19 bits per heavy atom. The zero-order chi connectivity index (χ0) is 12.5. The van der Waals surface area contributed by atoms with Crippen molar-refractivity contribution in [2.75, 3.05) is 0 Å². The van der Waals surface area contributed by atoms with E-state index in [4.69, 9.17) is 0 Å². The zero-order valence-electron chi connectivity index (χ0n) is 7.57. The Morgan fingerprint density at radius 3 is 2.19 bits per heavy atom. The minimum Gasteiger partial charge on any atom is -0.550 e. The number of rotatable bonds is 2. The molecule has 0 aliphatic carbocycles. The van der Waals surface area contributed by atoms with Crippen LogP contribution in [0.1, 0.15) is 11.1 Å². The molecule has 0 saturated heterocycles. The van der Waals surface area contributed by atoms with E-state index in [1.54, 1.807) is 0 Å². The zero-order valence-corrected chi connectivity index (χ0v) is 7.57. The van der Waals surface area contributed by atoms with Gasteiger partial charge in [-0.2, -0.15) is 13.2 Å². The lowest BCUT2D eigenvalue weighted by molar-refractivity contribution is -0.304. The lowest BCUT2D eigenvalue weighted by Crippen LogP contribution is -2.25. The lowest BCUT2D eigenvalue weighted by atomic mass is 10.1. The maximum absolute atomic E-state index is 13.0. The van der Waals surface area contributed by atoms with Gasteiger partial charge in [0.15, 0.2) is 11.6 Å². The highest BCUT2D eigenvalue weighted by Gasteiger charge is 2.35. The molecule has 0 radical (unpaired) electrons. The Labute approximate surface area is 86.3 Å². The van der Waals surface area contributed by atoms with Gasteiger partial charge >= 0.3 is 6.18 Å². The molecule has 0 heterocycles. The summed E-state index contributed by atoms with van der Waals surface area (Å²) in [6, 6.07) is 0.855. The molecule has 0 aliphatic heterocycles. The van der Waals surface area contributed by atoms with Gasteiger partial charge in [0.2, 0.25) is 0 Å². The average Bonchev–Trinajstić information content (AvgIpc) is 2.10. The van der Waals surface area contributed by atoms with Gasteiger partial charge in [-0.05, 0) is 11.6 Å². The predicted octanol–water partition coefficient (Wildman–Crippen LogP) is 1.28. The Balaban J connectivity index is 3.24. The van der Waals surface area contributed by atoms with Crippen molar-refractivity contribution in [2.45, 2.75) is 12.6 Å². The fourth-order valence-electron chi connectivity index (χ4n) is 1.10. The SMILES string of the molecule is O=C([O-])Cc1ccc(C(F)(F)F)c(F)c1F. The average molecular weight is 239 g/mol. The number of carboxylic acids is 1. The van der Waals surface area contributed by atoms with Crippen LogP contribution in [-0.4, -0.2) is 5.97 Å². The summed E-state index contributed by atoms with van der Waals surface area (Å²) in [5.74, 6) is -5.64. The molecule has 0 unspecified atom stereocenters. The first-order chi connectivity index (χ1) is 7.23. The molecule has 0 saturated carbocycles. The number of carbonyl (C=O) groups is 1. The van der Waals surface area contributed by atoms with Crippen molar-refractivity contribution in [3.63, 3.8) is 0 Å². The summed E-state index contributed by atoms with van der Waals surface area (Å²) in [6.45, 7) is 0. The summed E-state index contributed by atoms with van der Waals surface area (Å²) in [5.41, 5.74) is -2.46. The van der Waals surface area contributed by atoms with Crippen LogP contribution in [-0.2, 0) is 17.4 Å². The third-order valence-electron chi connectivity index (χ3n) is 1.80. The Kier molecular flexibility index (Phi) is 3.16. The highest BCUT2D eigenvalue weighted by molar-refractivity contribution is 5.68. The minimum atomic E-state index is -5.02. The second-order valence-corrected chi connectivity index (χ2v) is 2.95. The van der Waals surface area contributed by atoms with Gasteiger partial charge in [0.1, 0.15) is 0 Å². The maximum Gasteiger partial charge on any atom is 0.419 e. The van der Waals surface area contributed by atoms with Crippen molar-refractivity contribution in [2.24, 2.45) is 0 Å². The van der Waals surface area contributed by atoms with Crippen molar-refractivity contribution < 1.29 is 31.9 Å². The maximum atomic E-state index is 13.0. The number of halogens is 5. The summed E-state index contributed by atoms with van der Waals surface area (Å²) in [4.78, 5) is 10.1. The molecule has 16 heavy (non-hydrogen) atoms. The Bertz CT molecular complexity index is 425. The van der Waals surface area contributed by atoms with E-state index >= 15 is 0 Å². The molecule has 1 aromatic rings. The quantitative estimate of drug-likeness (QED) is 0.729. The molecule has 0 N–H and O–H groups in total. The van der Waals surface area contributed by atoms with E-state index in [1.807, 2.05) is 0 Å². The third-order valence-corrected chi connectivity index (χ3v) is 1.80. The van der Waals surface area contributed by atoms with Crippen LogP contribution in [0.2, 0.25) is 0 Å². The minimum absolute atomic E-state index is 0.288. The normalized spacial score (nSPS) is 11.6. The molecule has 0 amide bonds. The topological polar surface area (TPSA) is 40.1 Å². The van der Waals surface area contributed by atoms with Crippen LogP contribution in [0.5, 0.6) is 0 Å². The highest BCUT2D eigenvalue weighted by atomic mass is 19.4. The van der Waals surface area contributed by atoms with Crippen LogP contribution in [0, 0.1) is 11.6 Å². The predicted molar refractivity (Wildman–Crippen MR) is 40.1 cm³/mol. The molecule has 0 aromatic heterocycles. The molecule has 88 valence electrons. The Hall–Kier alpha value is -1.66. The molecule has 0 fully saturated rings. The van der Waals surface area contributed by atoms with Gasteiger partial charge in [-0.15, -0.1) is 0 Å². The number of carbonyl (C=O) groups excluding carboxylic acids is 1. The fourth-order valence-corrected chi connectivity index (χ4v) is 1.10. The number of aliphatic carboxylic acids is 1. The van der Waals surface area contributed by atoms with E-state index in [9.17, 15) is 31.9 Å². The van der Waals surface area contributed by atoms with Crippen molar-refractivity contribution in [3.05, 3.63) is 34.9 Å². The van der Waals surface area contributed by atoms with Crippen molar-refractivity contribution >= 4 is 5.97 Å². The summed E-state index contributed by atoms with van der Waals surface area (Å²) in [7, 11) is 0. The molecular weight excluding hydrogens is 235 g/mol. The van der Waals surface area contributed by atoms with Gasteiger partial charge in [-0.25, -0.2) is 8.78 Å². The van der Waals surface area contributed by atoms with Gasteiger partial charge in [0.25, 0.3) is 0 Å². The lowest BCUT2D eigenvalue weighted by Gasteiger charge is -2.11. The molecule has 0 aliphatic rings.